The summed E-state index contributed by atoms with van der Waals surface area (Å²) in [6, 6.07) is 11.6. The second-order valence-electron chi connectivity index (χ2n) is 6.52. The van der Waals surface area contributed by atoms with Crippen molar-refractivity contribution < 1.29 is 9.18 Å². The molecular weight excluding hydrogens is 373 g/mol. The molecule has 0 saturated carbocycles. The largest absolute Gasteiger partial charge is 0.293 e. The minimum absolute atomic E-state index is 0.126. The first-order valence-electron chi connectivity index (χ1n) is 8.95. The highest BCUT2D eigenvalue weighted by atomic mass is 32.2. The Morgan fingerprint density at radius 2 is 2.04 bits per heavy atom. The molecule has 3 aromatic rings. The third kappa shape index (κ3) is 3.54. The third-order valence-electron chi connectivity index (χ3n) is 4.76. The van der Waals surface area contributed by atoms with Crippen LogP contribution < -0.4 is 0 Å². The van der Waals surface area contributed by atoms with Gasteiger partial charge in [0.25, 0.3) is 0 Å². The van der Waals surface area contributed by atoms with E-state index in [0.29, 0.717) is 16.2 Å². The SMILES string of the molecule is N#Cc1c(SCC(=O)c2ccc(F)cc2)nc2c(c1-c1cccnc1)CCC2. The van der Waals surface area contributed by atoms with Gasteiger partial charge >= 0.3 is 0 Å². The van der Waals surface area contributed by atoms with Crippen LogP contribution in [0.25, 0.3) is 11.1 Å². The van der Waals surface area contributed by atoms with E-state index < -0.39 is 0 Å². The molecule has 0 amide bonds. The molecule has 0 unspecified atom stereocenters. The molecule has 1 aliphatic carbocycles. The van der Waals surface area contributed by atoms with Gasteiger partial charge in [-0.15, -0.1) is 0 Å². The van der Waals surface area contributed by atoms with E-state index in [2.05, 4.69) is 11.1 Å². The van der Waals surface area contributed by atoms with Crippen molar-refractivity contribution in [3.8, 4) is 17.2 Å². The Bertz CT molecular complexity index is 1080. The lowest BCUT2D eigenvalue weighted by molar-refractivity contribution is 0.102. The van der Waals surface area contributed by atoms with E-state index >= 15 is 0 Å². The highest BCUT2D eigenvalue weighted by Crippen LogP contribution is 2.38. The fourth-order valence-electron chi connectivity index (χ4n) is 3.45. The summed E-state index contributed by atoms with van der Waals surface area (Å²) in [6.07, 6.45) is 6.22. The Kier molecular flexibility index (Phi) is 5.18. The van der Waals surface area contributed by atoms with Crippen LogP contribution in [0.1, 0.15) is 33.6 Å². The van der Waals surface area contributed by atoms with E-state index in [4.69, 9.17) is 4.98 Å². The average molecular weight is 389 g/mol. The van der Waals surface area contributed by atoms with Gasteiger partial charge in [0, 0.05) is 34.8 Å². The number of fused-ring (bicyclic) bond motifs is 1. The van der Waals surface area contributed by atoms with E-state index in [9.17, 15) is 14.4 Å². The number of benzene rings is 1. The van der Waals surface area contributed by atoms with Crippen LogP contribution in [0.2, 0.25) is 0 Å². The van der Waals surface area contributed by atoms with Gasteiger partial charge in [-0.25, -0.2) is 9.37 Å². The monoisotopic (exact) mass is 389 g/mol. The second kappa shape index (κ2) is 7.91. The minimum Gasteiger partial charge on any atom is -0.293 e. The fraction of sp³-hybridized carbons (Fsp3) is 0.182. The number of thioether (sulfide) groups is 1. The van der Waals surface area contributed by atoms with Crippen molar-refractivity contribution in [3.63, 3.8) is 0 Å². The molecule has 6 heteroatoms. The molecule has 4 rings (SSSR count). The summed E-state index contributed by atoms with van der Waals surface area (Å²) in [5.41, 5.74) is 4.82. The van der Waals surface area contributed by atoms with E-state index in [1.807, 2.05) is 12.1 Å². The van der Waals surface area contributed by atoms with Gasteiger partial charge in [-0.2, -0.15) is 5.26 Å². The molecule has 0 spiro atoms. The van der Waals surface area contributed by atoms with E-state index in [0.717, 1.165) is 41.6 Å². The molecule has 0 bridgehead atoms. The molecule has 0 saturated heterocycles. The first-order valence-corrected chi connectivity index (χ1v) is 9.93. The van der Waals surface area contributed by atoms with Crippen molar-refractivity contribution in [2.75, 3.05) is 5.75 Å². The molecular formula is C22H16FN3OS. The van der Waals surface area contributed by atoms with Crippen LogP contribution in [0, 0.1) is 17.1 Å². The molecule has 2 heterocycles. The molecule has 0 aliphatic heterocycles. The first kappa shape index (κ1) is 18.3. The number of pyridine rings is 2. The average Bonchev–Trinajstić information content (AvgIpc) is 3.20. The molecule has 0 fully saturated rings. The number of halogens is 1. The van der Waals surface area contributed by atoms with Gasteiger partial charge in [0.1, 0.15) is 16.9 Å². The van der Waals surface area contributed by atoms with Crippen LogP contribution >= 0.6 is 11.8 Å². The Balaban J connectivity index is 1.69. The van der Waals surface area contributed by atoms with Crippen LogP contribution in [0.3, 0.4) is 0 Å². The maximum Gasteiger partial charge on any atom is 0.173 e. The Labute approximate surface area is 166 Å². The van der Waals surface area contributed by atoms with Crippen molar-refractivity contribution in [1.82, 2.24) is 9.97 Å². The number of nitrogens with zero attached hydrogens (tertiary/aromatic N) is 3. The van der Waals surface area contributed by atoms with Gasteiger partial charge in [-0.05, 0) is 55.2 Å². The number of carbonyl (C=O) groups excluding carboxylic acids is 1. The van der Waals surface area contributed by atoms with Crippen LogP contribution in [0.4, 0.5) is 4.39 Å². The summed E-state index contributed by atoms with van der Waals surface area (Å²) in [6.45, 7) is 0. The summed E-state index contributed by atoms with van der Waals surface area (Å²) in [7, 11) is 0. The van der Waals surface area contributed by atoms with Gasteiger partial charge in [0.15, 0.2) is 5.78 Å². The molecule has 1 aromatic carbocycles. The quantitative estimate of drug-likeness (QED) is 0.471. The predicted octanol–water partition coefficient (Wildman–Crippen LogP) is 4.62. The zero-order valence-corrected chi connectivity index (χ0v) is 15.8. The number of nitriles is 1. The van der Waals surface area contributed by atoms with Crippen molar-refractivity contribution in [2.45, 2.75) is 24.3 Å². The van der Waals surface area contributed by atoms with Gasteiger partial charge < -0.3 is 0 Å². The van der Waals surface area contributed by atoms with Crippen molar-refractivity contribution in [1.29, 1.82) is 5.26 Å². The van der Waals surface area contributed by atoms with Crippen LogP contribution in [0.15, 0.2) is 53.8 Å². The highest BCUT2D eigenvalue weighted by molar-refractivity contribution is 8.00. The van der Waals surface area contributed by atoms with Crippen LogP contribution in [-0.2, 0) is 12.8 Å². The standard InChI is InChI=1S/C22H16FN3OS/c23-16-8-6-14(7-9-16)20(27)13-28-22-18(11-24)21(15-3-2-10-25-12-15)17-4-1-5-19(17)26-22/h2-3,6-10,12H,1,4-5,13H2. The topological polar surface area (TPSA) is 66.6 Å². The molecule has 2 aromatic heterocycles. The Morgan fingerprint density at radius 1 is 1.21 bits per heavy atom. The zero-order chi connectivity index (χ0) is 19.5. The molecule has 28 heavy (non-hydrogen) atoms. The van der Waals surface area contributed by atoms with E-state index in [1.165, 1.54) is 36.0 Å². The number of ketones is 1. The summed E-state index contributed by atoms with van der Waals surface area (Å²) in [5, 5.41) is 10.4. The van der Waals surface area contributed by atoms with Crippen molar-refractivity contribution >= 4 is 17.5 Å². The first-order chi connectivity index (χ1) is 13.7. The number of aryl methyl sites for hydroxylation is 1. The lowest BCUT2D eigenvalue weighted by atomic mass is 9.97. The summed E-state index contributed by atoms with van der Waals surface area (Å²) >= 11 is 1.26. The number of Topliss-reactive ketones (excluding diaryl/α,β-unsaturated/α-hetero) is 1. The van der Waals surface area contributed by atoms with Gasteiger partial charge in [-0.3, -0.25) is 9.78 Å². The summed E-state index contributed by atoms with van der Waals surface area (Å²) in [4.78, 5) is 21.3. The second-order valence-corrected chi connectivity index (χ2v) is 7.48. The van der Waals surface area contributed by atoms with Crippen molar-refractivity contribution in [3.05, 3.63) is 77.0 Å². The van der Waals surface area contributed by atoms with Gasteiger partial charge in [-0.1, -0.05) is 17.8 Å². The summed E-state index contributed by atoms with van der Waals surface area (Å²) in [5.74, 6) is -0.366. The van der Waals surface area contributed by atoms with E-state index in [1.54, 1.807) is 12.4 Å². The zero-order valence-electron chi connectivity index (χ0n) is 15.0. The van der Waals surface area contributed by atoms with Crippen LogP contribution in [0.5, 0.6) is 0 Å². The fourth-order valence-corrected chi connectivity index (χ4v) is 4.35. The number of hydrogen-bond acceptors (Lipinski definition) is 5. The number of rotatable bonds is 5. The summed E-state index contributed by atoms with van der Waals surface area (Å²) < 4.78 is 13.1. The minimum atomic E-state index is -0.377. The molecule has 138 valence electrons. The van der Waals surface area contributed by atoms with E-state index in [-0.39, 0.29) is 17.4 Å². The maximum atomic E-state index is 13.1. The highest BCUT2D eigenvalue weighted by Gasteiger charge is 2.24. The number of carbonyl (C=O) groups is 1. The molecule has 4 nitrogen and oxygen atoms in total. The lowest BCUT2D eigenvalue weighted by Gasteiger charge is -2.14. The third-order valence-corrected chi connectivity index (χ3v) is 5.73. The lowest BCUT2D eigenvalue weighted by Crippen LogP contribution is -2.05. The van der Waals surface area contributed by atoms with Crippen molar-refractivity contribution in [2.24, 2.45) is 0 Å². The van der Waals surface area contributed by atoms with Crippen LogP contribution in [-0.4, -0.2) is 21.5 Å². The Morgan fingerprint density at radius 3 is 2.75 bits per heavy atom. The smallest absolute Gasteiger partial charge is 0.173 e. The number of aromatic nitrogens is 2. The maximum absolute atomic E-state index is 13.1. The predicted molar refractivity (Wildman–Crippen MR) is 106 cm³/mol. The van der Waals surface area contributed by atoms with Gasteiger partial charge in [0.05, 0.1) is 11.3 Å². The number of hydrogen-bond donors (Lipinski definition) is 0. The van der Waals surface area contributed by atoms with Gasteiger partial charge in [0.2, 0.25) is 0 Å². The Hall–Kier alpha value is -3.04. The molecule has 0 radical (unpaired) electrons. The molecule has 0 N–H and O–H groups in total. The molecule has 1 aliphatic rings. The molecule has 0 atom stereocenters. The normalized spacial score (nSPS) is 12.4.